The third-order valence-corrected chi connectivity index (χ3v) is 4.93. The fourth-order valence-electron chi connectivity index (χ4n) is 2.58. The first-order chi connectivity index (χ1) is 13.1. The van der Waals surface area contributed by atoms with Crippen molar-refractivity contribution in [1.82, 2.24) is 15.0 Å². The summed E-state index contributed by atoms with van der Waals surface area (Å²) in [6.45, 7) is 4.59. The van der Waals surface area contributed by atoms with Crippen LogP contribution >= 0.6 is 11.3 Å². The number of nitrogens with zero attached hydrogens (tertiary/aromatic N) is 3. The van der Waals surface area contributed by atoms with Crippen molar-refractivity contribution in [3.63, 3.8) is 0 Å². The van der Waals surface area contributed by atoms with Gasteiger partial charge in [0.2, 0.25) is 0 Å². The Balaban J connectivity index is 1.72. The smallest absolute Gasteiger partial charge is 0.322 e. The molecule has 2 heterocycles. The summed E-state index contributed by atoms with van der Waals surface area (Å²) >= 11 is 1.64. The lowest BCUT2D eigenvalue weighted by Gasteiger charge is -2.21. The average Bonchev–Trinajstić information content (AvgIpc) is 3.30. The Kier molecular flexibility index (Phi) is 6.20. The first kappa shape index (κ1) is 19.1. The number of aliphatic hydroxyl groups excluding tert-OH is 1. The van der Waals surface area contributed by atoms with E-state index in [0.29, 0.717) is 30.4 Å². The molecule has 3 aromatic rings. The number of anilines is 1. The van der Waals surface area contributed by atoms with Gasteiger partial charge >= 0.3 is 6.03 Å². The van der Waals surface area contributed by atoms with Crippen LogP contribution in [-0.4, -0.2) is 39.3 Å². The maximum absolute atomic E-state index is 12.7. The minimum Gasteiger partial charge on any atom is -0.395 e. The molecule has 0 spiro atoms. The summed E-state index contributed by atoms with van der Waals surface area (Å²) < 4.78 is 5.25. The molecule has 3 rings (SSSR count). The summed E-state index contributed by atoms with van der Waals surface area (Å²) in [7, 11) is 0. The molecule has 1 aromatic carbocycles. The highest BCUT2D eigenvalue weighted by atomic mass is 32.1. The second-order valence-electron chi connectivity index (χ2n) is 6.04. The van der Waals surface area contributed by atoms with Gasteiger partial charge in [0, 0.05) is 34.0 Å². The molecule has 0 unspecified atom stereocenters. The van der Waals surface area contributed by atoms with Crippen molar-refractivity contribution in [2.45, 2.75) is 26.8 Å². The number of urea groups is 1. The molecule has 0 saturated carbocycles. The lowest BCUT2D eigenvalue weighted by atomic mass is 10.2. The van der Waals surface area contributed by atoms with E-state index < -0.39 is 0 Å². The molecule has 27 heavy (non-hydrogen) atoms. The van der Waals surface area contributed by atoms with Gasteiger partial charge in [0.1, 0.15) is 0 Å². The predicted molar refractivity (Wildman–Crippen MR) is 105 cm³/mol. The number of amides is 2. The number of rotatable bonds is 7. The molecule has 0 aliphatic carbocycles. The molecule has 7 nitrogen and oxygen atoms in total. The normalized spacial score (nSPS) is 10.8. The molecule has 8 heteroatoms. The van der Waals surface area contributed by atoms with Gasteiger partial charge in [-0.25, -0.2) is 4.79 Å². The molecule has 0 aliphatic rings. The monoisotopic (exact) mass is 386 g/mol. The molecule has 2 amide bonds. The van der Waals surface area contributed by atoms with E-state index in [0.717, 1.165) is 10.4 Å². The zero-order valence-corrected chi connectivity index (χ0v) is 16.1. The molecule has 2 N–H and O–H groups in total. The number of aliphatic hydroxyl groups is 1. The number of nitrogens with one attached hydrogen (secondary N) is 1. The van der Waals surface area contributed by atoms with E-state index in [-0.39, 0.29) is 19.2 Å². The molecule has 0 fully saturated rings. The summed E-state index contributed by atoms with van der Waals surface area (Å²) in [6, 6.07) is 11.0. The Morgan fingerprint density at radius 2 is 2.19 bits per heavy atom. The average molecular weight is 386 g/mol. The van der Waals surface area contributed by atoms with Crippen LogP contribution in [0.3, 0.4) is 0 Å². The second-order valence-corrected chi connectivity index (χ2v) is 7.41. The summed E-state index contributed by atoms with van der Waals surface area (Å²) in [5.41, 5.74) is 1.36. The van der Waals surface area contributed by atoms with Crippen LogP contribution in [0.4, 0.5) is 10.5 Å². The predicted octanol–water partition coefficient (Wildman–Crippen LogP) is 3.70. The standard InChI is InChI=1S/C19H22N4O3S/c1-3-17-21-18(26-22-17)14-5-4-6-15(11-14)20-19(25)23(9-10-24)12-16-8-7-13(2)27-16/h4-8,11,24H,3,9-10,12H2,1-2H3,(H,20,25). The Morgan fingerprint density at radius 1 is 1.33 bits per heavy atom. The maximum atomic E-state index is 12.7. The van der Waals surface area contributed by atoms with E-state index in [1.54, 1.807) is 28.4 Å². The molecule has 0 saturated heterocycles. The van der Waals surface area contributed by atoms with Gasteiger partial charge in [0.05, 0.1) is 13.2 Å². The Bertz CT molecular complexity index is 906. The molecule has 0 radical (unpaired) electrons. The Hall–Kier alpha value is -2.71. The first-order valence-electron chi connectivity index (χ1n) is 8.74. The highest BCUT2D eigenvalue weighted by molar-refractivity contribution is 7.11. The van der Waals surface area contributed by atoms with Crippen molar-refractivity contribution in [2.75, 3.05) is 18.5 Å². The highest BCUT2D eigenvalue weighted by Gasteiger charge is 2.16. The second kappa shape index (κ2) is 8.79. The summed E-state index contributed by atoms with van der Waals surface area (Å²) in [5, 5.41) is 16.1. The zero-order chi connectivity index (χ0) is 19.2. The van der Waals surface area contributed by atoms with Gasteiger partial charge in [-0.3, -0.25) is 0 Å². The Labute approximate surface area is 161 Å². The first-order valence-corrected chi connectivity index (χ1v) is 9.55. The van der Waals surface area contributed by atoms with Crippen LogP contribution in [0.1, 0.15) is 22.5 Å². The van der Waals surface area contributed by atoms with E-state index in [1.165, 1.54) is 4.88 Å². The molecular formula is C19H22N4O3S. The number of carbonyl (C=O) groups excluding carboxylic acids is 1. The molecule has 0 bridgehead atoms. The SMILES string of the molecule is CCc1noc(-c2cccc(NC(=O)N(CCO)Cc3ccc(C)s3)c2)n1. The van der Waals surface area contributed by atoms with Gasteiger partial charge < -0.3 is 19.8 Å². The molecule has 142 valence electrons. The molecular weight excluding hydrogens is 364 g/mol. The molecule has 0 atom stereocenters. The van der Waals surface area contributed by atoms with Crippen LogP contribution in [0.15, 0.2) is 40.9 Å². The minimum absolute atomic E-state index is 0.0976. The lowest BCUT2D eigenvalue weighted by molar-refractivity contribution is 0.186. The van der Waals surface area contributed by atoms with Gasteiger partial charge in [0.25, 0.3) is 5.89 Å². The van der Waals surface area contributed by atoms with Crippen LogP contribution in [0.5, 0.6) is 0 Å². The number of aryl methyl sites for hydroxylation is 2. The quantitative estimate of drug-likeness (QED) is 0.646. The summed E-state index contributed by atoms with van der Waals surface area (Å²) in [4.78, 5) is 20.8. The topological polar surface area (TPSA) is 91.5 Å². The largest absolute Gasteiger partial charge is 0.395 e. The maximum Gasteiger partial charge on any atom is 0.322 e. The molecule has 2 aromatic heterocycles. The van der Waals surface area contributed by atoms with Crippen LogP contribution in [0, 0.1) is 6.92 Å². The summed E-state index contributed by atoms with van der Waals surface area (Å²) in [5.74, 6) is 1.06. The van der Waals surface area contributed by atoms with Crippen molar-refractivity contribution < 1.29 is 14.4 Å². The number of hydrogen-bond acceptors (Lipinski definition) is 6. The van der Waals surface area contributed by atoms with Crippen molar-refractivity contribution in [2.24, 2.45) is 0 Å². The third-order valence-electron chi connectivity index (χ3n) is 3.94. The van der Waals surface area contributed by atoms with E-state index in [1.807, 2.05) is 38.1 Å². The van der Waals surface area contributed by atoms with Gasteiger partial charge in [-0.1, -0.05) is 18.1 Å². The number of thiophene rings is 1. The lowest BCUT2D eigenvalue weighted by Crippen LogP contribution is -2.36. The number of benzene rings is 1. The molecule has 0 aliphatic heterocycles. The van der Waals surface area contributed by atoms with Gasteiger partial charge in [-0.15, -0.1) is 11.3 Å². The fourth-order valence-corrected chi connectivity index (χ4v) is 3.48. The van der Waals surface area contributed by atoms with E-state index >= 15 is 0 Å². The van der Waals surface area contributed by atoms with Crippen LogP contribution in [0.2, 0.25) is 0 Å². The number of carbonyl (C=O) groups is 1. The fraction of sp³-hybridized carbons (Fsp3) is 0.316. The number of aromatic nitrogens is 2. The third kappa shape index (κ3) is 4.93. The van der Waals surface area contributed by atoms with Crippen molar-refractivity contribution in [1.29, 1.82) is 0 Å². The van der Waals surface area contributed by atoms with Crippen molar-refractivity contribution >= 4 is 23.1 Å². The van der Waals surface area contributed by atoms with Crippen LogP contribution in [0.25, 0.3) is 11.5 Å². The van der Waals surface area contributed by atoms with Crippen molar-refractivity contribution in [3.05, 3.63) is 52.0 Å². The van der Waals surface area contributed by atoms with E-state index in [4.69, 9.17) is 4.52 Å². The minimum atomic E-state index is -0.271. The van der Waals surface area contributed by atoms with Crippen LogP contribution < -0.4 is 5.32 Å². The van der Waals surface area contributed by atoms with E-state index in [9.17, 15) is 9.90 Å². The Morgan fingerprint density at radius 3 is 2.85 bits per heavy atom. The van der Waals surface area contributed by atoms with Gasteiger partial charge in [-0.05, 0) is 37.3 Å². The number of hydrogen-bond donors (Lipinski definition) is 2. The van der Waals surface area contributed by atoms with Gasteiger partial charge in [-0.2, -0.15) is 4.98 Å². The zero-order valence-electron chi connectivity index (χ0n) is 15.3. The van der Waals surface area contributed by atoms with Crippen LogP contribution in [-0.2, 0) is 13.0 Å². The highest BCUT2D eigenvalue weighted by Crippen LogP contribution is 2.22. The van der Waals surface area contributed by atoms with Gasteiger partial charge in [0.15, 0.2) is 5.82 Å². The summed E-state index contributed by atoms with van der Waals surface area (Å²) in [6.07, 6.45) is 0.693. The van der Waals surface area contributed by atoms with Crippen molar-refractivity contribution in [3.8, 4) is 11.5 Å². The van der Waals surface area contributed by atoms with E-state index in [2.05, 4.69) is 15.5 Å².